The van der Waals surface area contributed by atoms with E-state index in [1.807, 2.05) is 17.5 Å². The van der Waals surface area contributed by atoms with Crippen molar-refractivity contribution in [1.82, 2.24) is 9.29 Å². The molecule has 2 aromatic rings. The van der Waals surface area contributed by atoms with Crippen molar-refractivity contribution in [3.8, 4) is 22.8 Å². The van der Waals surface area contributed by atoms with Gasteiger partial charge in [-0.3, -0.25) is 4.79 Å². The molecule has 2 heterocycles. The summed E-state index contributed by atoms with van der Waals surface area (Å²) in [4.78, 5) is 17.0. The molecule has 152 valence electrons. The third-order valence-corrected chi connectivity index (χ3v) is 6.77. The molecule has 1 aromatic heterocycles. The monoisotopic (exact) mass is 425 g/mol. The number of methoxy groups -OCH3 is 2. The van der Waals surface area contributed by atoms with E-state index in [1.54, 1.807) is 20.3 Å². The van der Waals surface area contributed by atoms with E-state index in [4.69, 9.17) is 9.47 Å². The first-order valence-electron chi connectivity index (χ1n) is 8.75. The number of nitrogens with one attached hydrogen (secondary N) is 1. The highest BCUT2D eigenvalue weighted by Crippen LogP contribution is 2.35. The highest BCUT2D eigenvalue weighted by atomic mass is 32.2. The molecular formula is C18H23N3O5S2. The Balaban J connectivity index is 1.66. The molecule has 1 aliphatic rings. The lowest BCUT2D eigenvalue weighted by Gasteiger charge is -2.29. The van der Waals surface area contributed by atoms with Crippen molar-refractivity contribution in [2.75, 3.05) is 38.9 Å². The zero-order valence-electron chi connectivity index (χ0n) is 16.0. The van der Waals surface area contributed by atoms with Gasteiger partial charge in [0.25, 0.3) is 0 Å². The normalized spacial score (nSPS) is 16.0. The summed E-state index contributed by atoms with van der Waals surface area (Å²) in [5, 5.41) is 5.21. The van der Waals surface area contributed by atoms with Gasteiger partial charge in [-0.25, -0.2) is 17.7 Å². The van der Waals surface area contributed by atoms with Crippen LogP contribution in [0.1, 0.15) is 12.8 Å². The Labute approximate surface area is 168 Å². The molecule has 8 nitrogen and oxygen atoms in total. The summed E-state index contributed by atoms with van der Waals surface area (Å²) >= 11 is 1.33. The van der Waals surface area contributed by atoms with E-state index in [0.717, 1.165) is 5.56 Å². The number of carbonyl (C=O) groups is 1. The molecule has 0 aliphatic carbocycles. The molecule has 10 heteroatoms. The van der Waals surface area contributed by atoms with Crippen LogP contribution in [0.5, 0.6) is 11.5 Å². The van der Waals surface area contributed by atoms with E-state index < -0.39 is 10.0 Å². The molecule has 0 atom stereocenters. The molecule has 0 spiro atoms. The van der Waals surface area contributed by atoms with Crippen LogP contribution in [0.3, 0.4) is 0 Å². The van der Waals surface area contributed by atoms with Crippen LogP contribution in [0.25, 0.3) is 11.3 Å². The molecule has 0 saturated carbocycles. The van der Waals surface area contributed by atoms with Crippen LogP contribution in [-0.2, 0) is 14.8 Å². The number of nitrogens with zero attached hydrogens (tertiary/aromatic N) is 2. The average molecular weight is 426 g/mol. The largest absolute Gasteiger partial charge is 0.497 e. The van der Waals surface area contributed by atoms with Crippen molar-refractivity contribution < 1.29 is 22.7 Å². The molecule has 0 bridgehead atoms. The van der Waals surface area contributed by atoms with Gasteiger partial charge in [-0.2, -0.15) is 0 Å². The Bertz CT molecular complexity index is 950. The van der Waals surface area contributed by atoms with Crippen LogP contribution in [0.4, 0.5) is 5.13 Å². The summed E-state index contributed by atoms with van der Waals surface area (Å²) in [6.07, 6.45) is 2.20. The second-order valence-corrected chi connectivity index (χ2v) is 9.37. The summed E-state index contributed by atoms with van der Waals surface area (Å²) in [7, 11) is -0.0342. The number of anilines is 1. The van der Waals surface area contributed by atoms with Gasteiger partial charge in [0.15, 0.2) is 5.13 Å². The van der Waals surface area contributed by atoms with E-state index >= 15 is 0 Å². The number of sulfonamides is 1. The summed E-state index contributed by atoms with van der Waals surface area (Å²) in [6.45, 7) is 0.728. The van der Waals surface area contributed by atoms with Crippen LogP contribution in [-0.4, -0.2) is 57.2 Å². The van der Waals surface area contributed by atoms with Crippen LogP contribution >= 0.6 is 11.3 Å². The minimum atomic E-state index is -3.20. The first-order valence-corrected chi connectivity index (χ1v) is 11.5. The van der Waals surface area contributed by atoms with Gasteiger partial charge in [0, 0.05) is 36.0 Å². The maximum atomic E-state index is 12.5. The zero-order chi connectivity index (χ0) is 20.3. The fraction of sp³-hybridized carbons (Fsp3) is 0.444. The van der Waals surface area contributed by atoms with Crippen LogP contribution in [0.15, 0.2) is 23.6 Å². The summed E-state index contributed by atoms with van der Waals surface area (Å²) in [6, 6.07) is 5.47. The molecule has 1 aliphatic heterocycles. The molecule has 1 aromatic carbocycles. The maximum absolute atomic E-state index is 12.5. The van der Waals surface area contributed by atoms with E-state index in [-0.39, 0.29) is 11.8 Å². The molecule has 1 N–H and O–H groups in total. The highest BCUT2D eigenvalue weighted by Gasteiger charge is 2.29. The molecule has 0 unspecified atom stereocenters. The lowest BCUT2D eigenvalue weighted by atomic mass is 9.97. The van der Waals surface area contributed by atoms with Gasteiger partial charge >= 0.3 is 0 Å². The first kappa shape index (κ1) is 20.6. The predicted molar refractivity (Wildman–Crippen MR) is 108 cm³/mol. The average Bonchev–Trinajstić information content (AvgIpc) is 3.15. The summed E-state index contributed by atoms with van der Waals surface area (Å²) in [5.41, 5.74) is 1.51. The zero-order valence-corrected chi connectivity index (χ0v) is 17.6. The standard InChI is InChI=1S/C18H23N3O5S2/c1-25-13-4-5-14(16(10-13)26-2)15-11-27-18(19-15)20-17(22)12-6-8-21(9-7-12)28(3,23)24/h4-5,10-12H,6-9H2,1-3H3,(H,19,20,22). The Morgan fingerprint density at radius 1 is 1.25 bits per heavy atom. The Morgan fingerprint density at radius 2 is 1.96 bits per heavy atom. The van der Waals surface area contributed by atoms with E-state index in [0.29, 0.717) is 48.3 Å². The van der Waals surface area contributed by atoms with Crippen molar-refractivity contribution in [3.05, 3.63) is 23.6 Å². The van der Waals surface area contributed by atoms with Crippen molar-refractivity contribution >= 4 is 32.4 Å². The second-order valence-electron chi connectivity index (χ2n) is 6.53. The second kappa shape index (κ2) is 8.46. The SMILES string of the molecule is COc1ccc(-c2csc(NC(=O)C3CCN(S(C)(=O)=O)CC3)n2)c(OC)c1. The van der Waals surface area contributed by atoms with Gasteiger partial charge in [-0.1, -0.05) is 0 Å². The minimum absolute atomic E-state index is 0.129. The van der Waals surface area contributed by atoms with Gasteiger partial charge in [0.1, 0.15) is 11.5 Å². The highest BCUT2D eigenvalue weighted by molar-refractivity contribution is 7.88. The number of amides is 1. The molecule has 1 saturated heterocycles. The van der Waals surface area contributed by atoms with Gasteiger partial charge < -0.3 is 14.8 Å². The smallest absolute Gasteiger partial charge is 0.229 e. The molecule has 28 heavy (non-hydrogen) atoms. The molecular weight excluding hydrogens is 402 g/mol. The molecule has 3 rings (SSSR count). The van der Waals surface area contributed by atoms with Crippen molar-refractivity contribution in [3.63, 3.8) is 0 Å². The lowest BCUT2D eigenvalue weighted by molar-refractivity contribution is -0.120. The van der Waals surface area contributed by atoms with Gasteiger partial charge in [0.2, 0.25) is 15.9 Å². The number of piperidine rings is 1. The Morgan fingerprint density at radius 3 is 2.57 bits per heavy atom. The van der Waals surface area contributed by atoms with Crippen molar-refractivity contribution in [2.24, 2.45) is 5.92 Å². The number of hydrogen-bond donors (Lipinski definition) is 1. The fourth-order valence-corrected chi connectivity index (χ4v) is 4.71. The van der Waals surface area contributed by atoms with Gasteiger partial charge in [-0.15, -0.1) is 11.3 Å². The third kappa shape index (κ3) is 4.62. The number of carbonyl (C=O) groups excluding carboxylic acids is 1. The number of thiazole rings is 1. The minimum Gasteiger partial charge on any atom is -0.497 e. The topological polar surface area (TPSA) is 97.8 Å². The van der Waals surface area contributed by atoms with Crippen LogP contribution in [0, 0.1) is 5.92 Å². The number of hydrogen-bond acceptors (Lipinski definition) is 7. The quantitative estimate of drug-likeness (QED) is 0.763. The number of rotatable bonds is 6. The first-order chi connectivity index (χ1) is 13.3. The summed E-state index contributed by atoms with van der Waals surface area (Å²) in [5.74, 6) is 0.970. The number of benzene rings is 1. The van der Waals surface area contributed by atoms with Crippen LogP contribution < -0.4 is 14.8 Å². The fourth-order valence-electron chi connectivity index (χ4n) is 3.12. The van der Waals surface area contributed by atoms with Gasteiger partial charge in [0.05, 0.1) is 26.2 Å². The summed E-state index contributed by atoms with van der Waals surface area (Å²) < 4.78 is 35.2. The number of ether oxygens (including phenoxy) is 2. The Hall–Kier alpha value is -2.17. The van der Waals surface area contributed by atoms with Crippen LogP contribution in [0.2, 0.25) is 0 Å². The van der Waals surface area contributed by atoms with Crippen molar-refractivity contribution in [1.29, 1.82) is 0 Å². The van der Waals surface area contributed by atoms with E-state index in [9.17, 15) is 13.2 Å². The Kier molecular flexibility index (Phi) is 6.21. The molecule has 1 fully saturated rings. The number of aromatic nitrogens is 1. The predicted octanol–water partition coefficient (Wildman–Crippen LogP) is 2.44. The van der Waals surface area contributed by atoms with Gasteiger partial charge in [-0.05, 0) is 25.0 Å². The van der Waals surface area contributed by atoms with E-state index in [2.05, 4.69) is 10.3 Å². The van der Waals surface area contributed by atoms with E-state index in [1.165, 1.54) is 21.9 Å². The molecule has 1 amide bonds. The lowest BCUT2D eigenvalue weighted by Crippen LogP contribution is -2.40. The maximum Gasteiger partial charge on any atom is 0.229 e. The third-order valence-electron chi connectivity index (χ3n) is 4.71. The molecule has 0 radical (unpaired) electrons. The van der Waals surface area contributed by atoms with Crippen molar-refractivity contribution in [2.45, 2.75) is 12.8 Å².